The highest BCUT2D eigenvalue weighted by Crippen LogP contribution is 2.20. The summed E-state index contributed by atoms with van der Waals surface area (Å²) in [6.07, 6.45) is 4.52. The monoisotopic (exact) mass is 392 g/mol. The minimum absolute atomic E-state index is 0.0799. The van der Waals surface area contributed by atoms with E-state index in [0.717, 1.165) is 23.9 Å². The quantitative estimate of drug-likeness (QED) is 0.523. The van der Waals surface area contributed by atoms with Gasteiger partial charge in [-0.05, 0) is 43.4 Å². The fourth-order valence-corrected chi connectivity index (χ4v) is 3.44. The smallest absolute Gasteiger partial charge is 0.306 e. The average molecular weight is 392 g/mol. The topological polar surface area (TPSA) is 71.2 Å². The van der Waals surface area contributed by atoms with Crippen LogP contribution in [0.3, 0.4) is 0 Å². The Balaban J connectivity index is 1.40. The standard InChI is InChI=1S/C24H28N2O3/c1-3-21(18-13-11-17(2)12-14-18)26-23(27)16-29-24(28)10-6-7-19-15-25-22-9-5-4-8-20(19)22/h4-5,8-9,11-15,21,25H,3,6-7,10,16H2,1-2H3,(H,26,27)/t21-/m0/s1. The highest BCUT2D eigenvalue weighted by Gasteiger charge is 2.14. The van der Waals surface area contributed by atoms with Gasteiger partial charge in [-0.2, -0.15) is 0 Å². The maximum atomic E-state index is 12.2. The molecule has 0 spiro atoms. The Morgan fingerprint density at radius 1 is 1.10 bits per heavy atom. The van der Waals surface area contributed by atoms with E-state index in [2.05, 4.69) is 16.4 Å². The molecular weight excluding hydrogens is 364 g/mol. The van der Waals surface area contributed by atoms with Crippen LogP contribution >= 0.6 is 0 Å². The number of rotatable bonds is 9. The number of benzene rings is 2. The Bertz CT molecular complexity index is 960. The molecular formula is C24H28N2O3. The normalized spacial score (nSPS) is 11.9. The highest BCUT2D eigenvalue weighted by atomic mass is 16.5. The van der Waals surface area contributed by atoms with E-state index in [4.69, 9.17) is 4.74 Å². The Morgan fingerprint density at radius 3 is 2.62 bits per heavy atom. The van der Waals surface area contributed by atoms with Crippen molar-refractivity contribution in [1.82, 2.24) is 10.3 Å². The first-order chi connectivity index (χ1) is 14.1. The zero-order valence-electron chi connectivity index (χ0n) is 17.0. The Hall–Kier alpha value is -3.08. The van der Waals surface area contributed by atoms with Gasteiger partial charge in [0, 0.05) is 23.5 Å². The van der Waals surface area contributed by atoms with Crippen molar-refractivity contribution in [2.75, 3.05) is 6.61 Å². The van der Waals surface area contributed by atoms with Crippen molar-refractivity contribution in [3.63, 3.8) is 0 Å². The predicted octanol–water partition coefficient (Wildman–Crippen LogP) is 4.61. The van der Waals surface area contributed by atoms with Crippen LogP contribution in [-0.4, -0.2) is 23.5 Å². The van der Waals surface area contributed by atoms with E-state index in [0.29, 0.717) is 12.8 Å². The van der Waals surface area contributed by atoms with Gasteiger partial charge in [0.25, 0.3) is 5.91 Å². The third-order valence-electron chi connectivity index (χ3n) is 5.09. The maximum absolute atomic E-state index is 12.2. The van der Waals surface area contributed by atoms with Gasteiger partial charge >= 0.3 is 5.97 Å². The van der Waals surface area contributed by atoms with Crippen LogP contribution in [-0.2, 0) is 20.7 Å². The molecule has 5 heteroatoms. The molecule has 0 aliphatic rings. The lowest BCUT2D eigenvalue weighted by molar-refractivity contribution is -0.148. The summed E-state index contributed by atoms with van der Waals surface area (Å²) in [6, 6.07) is 16.1. The minimum Gasteiger partial charge on any atom is -0.456 e. The van der Waals surface area contributed by atoms with Crippen LogP contribution in [0, 0.1) is 6.92 Å². The third-order valence-corrected chi connectivity index (χ3v) is 5.09. The lowest BCUT2D eigenvalue weighted by Crippen LogP contribution is -2.32. The number of hydrogen-bond acceptors (Lipinski definition) is 3. The van der Waals surface area contributed by atoms with E-state index in [-0.39, 0.29) is 24.5 Å². The first kappa shape index (κ1) is 20.6. The first-order valence-corrected chi connectivity index (χ1v) is 10.1. The molecule has 0 radical (unpaired) electrons. The van der Waals surface area contributed by atoms with Crippen molar-refractivity contribution in [3.05, 3.63) is 71.4 Å². The fourth-order valence-electron chi connectivity index (χ4n) is 3.44. The van der Waals surface area contributed by atoms with Gasteiger partial charge in [-0.15, -0.1) is 0 Å². The van der Waals surface area contributed by atoms with Crippen molar-refractivity contribution in [2.45, 2.75) is 45.6 Å². The summed E-state index contributed by atoms with van der Waals surface area (Å²) in [4.78, 5) is 27.4. The molecule has 0 aliphatic carbocycles. The molecule has 3 rings (SSSR count). The fraction of sp³-hybridized carbons (Fsp3) is 0.333. The predicted molar refractivity (Wildman–Crippen MR) is 115 cm³/mol. The molecule has 29 heavy (non-hydrogen) atoms. The van der Waals surface area contributed by atoms with Crippen LogP contribution in [0.2, 0.25) is 0 Å². The van der Waals surface area contributed by atoms with Gasteiger partial charge in [0.15, 0.2) is 6.61 Å². The molecule has 2 N–H and O–H groups in total. The van der Waals surface area contributed by atoms with Crippen LogP contribution in [0.4, 0.5) is 0 Å². The molecule has 0 saturated carbocycles. The van der Waals surface area contributed by atoms with Crippen LogP contribution in [0.1, 0.15) is 48.9 Å². The summed E-state index contributed by atoms with van der Waals surface area (Å²) < 4.78 is 5.15. The summed E-state index contributed by atoms with van der Waals surface area (Å²) in [7, 11) is 0. The van der Waals surface area contributed by atoms with E-state index >= 15 is 0 Å². The van der Waals surface area contributed by atoms with Gasteiger partial charge in [0.1, 0.15) is 0 Å². The first-order valence-electron chi connectivity index (χ1n) is 10.1. The number of aryl methyl sites for hydroxylation is 2. The van der Waals surface area contributed by atoms with E-state index in [9.17, 15) is 9.59 Å². The van der Waals surface area contributed by atoms with Crippen LogP contribution < -0.4 is 5.32 Å². The molecule has 5 nitrogen and oxygen atoms in total. The molecule has 0 saturated heterocycles. The molecule has 0 unspecified atom stereocenters. The lowest BCUT2D eigenvalue weighted by Gasteiger charge is -2.17. The zero-order chi connectivity index (χ0) is 20.6. The number of carbonyl (C=O) groups excluding carboxylic acids is 2. The molecule has 0 bridgehead atoms. The number of carbonyl (C=O) groups is 2. The SMILES string of the molecule is CC[C@H](NC(=O)COC(=O)CCCc1c[nH]c2ccccc12)c1ccc(C)cc1. The number of fused-ring (bicyclic) bond motifs is 1. The maximum Gasteiger partial charge on any atom is 0.306 e. The van der Waals surface area contributed by atoms with E-state index in [1.54, 1.807) is 0 Å². The van der Waals surface area contributed by atoms with Crippen molar-refractivity contribution in [1.29, 1.82) is 0 Å². The van der Waals surface area contributed by atoms with Crippen molar-refractivity contribution in [2.24, 2.45) is 0 Å². The molecule has 2 aromatic carbocycles. The van der Waals surface area contributed by atoms with E-state index in [1.807, 2.05) is 62.5 Å². The summed E-state index contributed by atoms with van der Waals surface area (Å²) in [5, 5.41) is 4.12. The van der Waals surface area contributed by atoms with Crippen LogP contribution in [0.25, 0.3) is 10.9 Å². The van der Waals surface area contributed by atoms with Gasteiger partial charge in [-0.3, -0.25) is 9.59 Å². The molecule has 0 aliphatic heterocycles. The molecule has 0 fully saturated rings. The minimum atomic E-state index is -0.344. The molecule has 3 aromatic rings. The number of ether oxygens (including phenoxy) is 1. The number of aromatic amines is 1. The Kier molecular flexibility index (Phi) is 7.06. The van der Waals surface area contributed by atoms with E-state index < -0.39 is 0 Å². The van der Waals surface area contributed by atoms with Gasteiger partial charge in [0.05, 0.1) is 6.04 Å². The molecule has 152 valence electrons. The lowest BCUT2D eigenvalue weighted by atomic mass is 10.0. The van der Waals surface area contributed by atoms with Crippen molar-refractivity contribution >= 4 is 22.8 Å². The second-order valence-corrected chi connectivity index (χ2v) is 7.31. The Labute approximate surface area is 171 Å². The van der Waals surface area contributed by atoms with Gasteiger partial charge < -0.3 is 15.0 Å². The molecule has 1 aromatic heterocycles. The van der Waals surface area contributed by atoms with Crippen molar-refractivity contribution in [3.8, 4) is 0 Å². The largest absolute Gasteiger partial charge is 0.456 e. The van der Waals surface area contributed by atoms with Crippen molar-refractivity contribution < 1.29 is 14.3 Å². The number of H-pyrrole nitrogens is 1. The zero-order valence-corrected chi connectivity index (χ0v) is 17.0. The molecule has 1 amide bonds. The number of para-hydroxylation sites is 1. The second-order valence-electron chi connectivity index (χ2n) is 7.31. The van der Waals surface area contributed by atoms with Gasteiger partial charge in [0.2, 0.25) is 0 Å². The van der Waals surface area contributed by atoms with Crippen LogP contribution in [0.15, 0.2) is 54.7 Å². The number of nitrogens with one attached hydrogen (secondary N) is 2. The molecule has 1 atom stereocenters. The summed E-state index contributed by atoms with van der Waals surface area (Å²) >= 11 is 0. The number of hydrogen-bond donors (Lipinski definition) is 2. The highest BCUT2D eigenvalue weighted by molar-refractivity contribution is 5.83. The average Bonchev–Trinajstić information content (AvgIpc) is 3.14. The van der Waals surface area contributed by atoms with E-state index in [1.165, 1.54) is 16.5 Å². The van der Waals surface area contributed by atoms with Gasteiger partial charge in [-0.25, -0.2) is 0 Å². The molecule has 1 heterocycles. The summed E-state index contributed by atoms with van der Waals surface area (Å²) in [6.45, 7) is 3.80. The Morgan fingerprint density at radius 2 is 1.86 bits per heavy atom. The second kappa shape index (κ2) is 9.92. The van der Waals surface area contributed by atoms with Gasteiger partial charge in [-0.1, -0.05) is 55.0 Å². The summed E-state index contributed by atoms with van der Waals surface area (Å²) in [5.41, 5.74) is 4.52. The third kappa shape index (κ3) is 5.70. The number of esters is 1. The summed E-state index contributed by atoms with van der Waals surface area (Å²) in [5.74, 6) is -0.620. The number of aromatic nitrogens is 1. The van der Waals surface area contributed by atoms with Crippen LogP contribution in [0.5, 0.6) is 0 Å². The number of amides is 1.